The van der Waals surface area contributed by atoms with Gasteiger partial charge in [0.05, 0.1) is 0 Å². The van der Waals surface area contributed by atoms with Gasteiger partial charge in [-0.3, -0.25) is 4.79 Å². The van der Waals surface area contributed by atoms with Crippen molar-refractivity contribution >= 4 is 17.5 Å². The minimum Gasteiger partial charge on any atom is -0.342 e. The molecule has 0 heterocycles. The molecule has 1 aliphatic rings. The van der Waals surface area contributed by atoms with Gasteiger partial charge in [-0.15, -0.1) is 11.6 Å². The van der Waals surface area contributed by atoms with Crippen molar-refractivity contribution in [3.63, 3.8) is 0 Å². The van der Waals surface area contributed by atoms with E-state index in [0.29, 0.717) is 11.8 Å². The molecular weight excluding hydrogens is 210 g/mol. The van der Waals surface area contributed by atoms with Crippen molar-refractivity contribution in [2.24, 2.45) is 5.41 Å². The van der Waals surface area contributed by atoms with E-state index in [9.17, 15) is 4.79 Å². The second-order valence-electron chi connectivity index (χ2n) is 4.70. The van der Waals surface area contributed by atoms with Gasteiger partial charge >= 0.3 is 0 Å². The van der Waals surface area contributed by atoms with Crippen LogP contribution in [-0.2, 0) is 4.79 Å². The predicted molar refractivity (Wildman–Crippen MR) is 64.2 cm³/mol. The van der Waals surface area contributed by atoms with Gasteiger partial charge in [-0.2, -0.15) is 0 Å². The number of nitrogens with zero attached hydrogens (tertiary/aromatic N) is 1. The minimum atomic E-state index is -0.0810. The summed E-state index contributed by atoms with van der Waals surface area (Å²) in [5, 5.41) is 0. The maximum atomic E-state index is 12.3. The first-order valence-corrected chi connectivity index (χ1v) is 6.53. The van der Waals surface area contributed by atoms with Crippen molar-refractivity contribution in [3.8, 4) is 0 Å². The third-order valence-corrected chi connectivity index (χ3v) is 3.72. The molecule has 1 amide bonds. The fraction of sp³-hybridized carbons (Fsp3) is 0.917. The molecule has 0 aliphatic heterocycles. The molecule has 0 spiro atoms. The monoisotopic (exact) mass is 231 g/mol. The van der Waals surface area contributed by atoms with Gasteiger partial charge in [0, 0.05) is 24.4 Å². The van der Waals surface area contributed by atoms with Crippen LogP contribution in [0.5, 0.6) is 0 Å². The number of carbonyl (C=O) groups is 1. The van der Waals surface area contributed by atoms with Crippen molar-refractivity contribution < 1.29 is 4.79 Å². The summed E-state index contributed by atoms with van der Waals surface area (Å²) in [4.78, 5) is 14.3. The Morgan fingerprint density at radius 3 is 2.47 bits per heavy atom. The normalized spacial score (nSPS) is 19.1. The van der Waals surface area contributed by atoms with Crippen LogP contribution in [0.2, 0.25) is 0 Å². The molecule has 0 N–H and O–H groups in total. The molecule has 1 aliphatic carbocycles. The molecule has 88 valence electrons. The lowest BCUT2D eigenvalue weighted by atomic mass is 9.87. The smallest absolute Gasteiger partial charge is 0.228 e. The molecule has 1 fully saturated rings. The van der Waals surface area contributed by atoms with E-state index in [1.807, 2.05) is 11.8 Å². The summed E-state index contributed by atoms with van der Waals surface area (Å²) >= 11 is 5.66. The fourth-order valence-corrected chi connectivity index (χ4v) is 2.52. The highest BCUT2D eigenvalue weighted by Crippen LogP contribution is 2.39. The predicted octanol–water partition coefficient (Wildman–Crippen LogP) is 3.04. The van der Waals surface area contributed by atoms with Gasteiger partial charge < -0.3 is 4.90 Å². The van der Waals surface area contributed by atoms with Crippen LogP contribution in [0.15, 0.2) is 0 Å². The minimum absolute atomic E-state index is 0.0810. The Morgan fingerprint density at radius 1 is 1.40 bits per heavy atom. The van der Waals surface area contributed by atoms with Crippen LogP contribution in [0, 0.1) is 5.41 Å². The zero-order valence-corrected chi connectivity index (χ0v) is 10.6. The molecule has 0 aromatic heterocycles. The molecule has 0 unspecified atom stereocenters. The average molecular weight is 232 g/mol. The van der Waals surface area contributed by atoms with Crippen LogP contribution in [-0.4, -0.2) is 29.8 Å². The number of hydrogen-bond acceptors (Lipinski definition) is 1. The van der Waals surface area contributed by atoms with Crippen molar-refractivity contribution in [2.45, 2.75) is 46.0 Å². The lowest BCUT2D eigenvalue weighted by Crippen LogP contribution is -2.41. The molecule has 15 heavy (non-hydrogen) atoms. The molecule has 0 aromatic carbocycles. The van der Waals surface area contributed by atoms with Crippen LogP contribution in [0.3, 0.4) is 0 Å². The Kier molecular flexibility index (Phi) is 4.91. The number of alkyl halides is 1. The second kappa shape index (κ2) is 5.74. The van der Waals surface area contributed by atoms with Gasteiger partial charge in [0.2, 0.25) is 5.91 Å². The summed E-state index contributed by atoms with van der Waals surface area (Å²) < 4.78 is 0. The van der Waals surface area contributed by atoms with Gasteiger partial charge in [0.25, 0.3) is 0 Å². The number of carbonyl (C=O) groups excluding carboxylic acids is 1. The first-order valence-electron chi connectivity index (χ1n) is 5.99. The van der Waals surface area contributed by atoms with Crippen LogP contribution < -0.4 is 0 Å². The van der Waals surface area contributed by atoms with Crippen LogP contribution in [0.1, 0.15) is 46.0 Å². The van der Waals surface area contributed by atoms with E-state index >= 15 is 0 Å². The quantitative estimate of drug-likeness (QED) is 0.666. The van der Waals surface area contributed by atoms with Gasteiger partial charge in [-0.05, 0) is 26.2 Å². The molecule has 0 radical (unpaired) electrons. The van der Waals surface area contributed by atoms with Crippen molar-refractivity contribution in [3.05, 3.63) is 0 Å². The molecule has 2 nitrogen and oxygen atoms in total. The van der Waals surface area contributed by atoms with Gasteiger partial charge in [0.1, 0.15) is 0 Å². The number of amides is 1. The Hall–Kier alpha value is -0.240. The third kappa shape index (κ3) is 3.10. The first-order chi connectivity index (χ1) is 7.14. The molecule has 3 heteroatoms. The number of rotatable bonds is 5. The van der Waals surface area contributed by atoms with Crippen LogP contribution in [0.25, 0.3) is 0 Å². The van der Waals surface area contributed by atoms with E-state index in [2.05, 4.69) is 6.92 Å². The van der Waals surface area contributed by atoms with Crippen molar-refractivity contribution in [2.75, 3.05) is 19.0 Å². The van der Waals surface area contributed by atoms with E-state index in [0.717, 1.165) is 32.4 Å². The lowest BCUT2D eigenvalue weighted by molar-refractivity contribution is -0.140. The molecule has 0 aromatic rings. The Bertz CT molecular complexity index is 212. The Morgan fingerprint density at radius 2 is 2.00 bits per heavy atom. The van der Waals surface area contributed by atoms with E-state index in [1.165, 1.54) is 12.8 Å². The zero-order chi connectivity index (χ0) is 11.3. The Balaban J connectivity index is 2.55. The second-order valence-corrected chi connectivity index (χ2v) is 5.07. The van der Waals surface area contributed by atoms with E-state index in [4.69, 9.17) is 11.6 Å². The summed E-state index contributed by atoms with van der Waals surface area (Å²) in [6.07, 6.45) is 5.42. The lowest BCUT2D eigenvalue weighted by Gasteiger charge is -2.30. The summed E-state index contributed by atoms with van der Waals surface area (Å²) in [5.41, 5.74) is -0.0810. The highest BCUT2D eigenvalue weighted by Gasteiger charge is 2.38. The highest BCUT2D eigenvalue weighted by molar-refractivity contribution is 6.17. The van der Waals surface area contributed by atoms with Crippen LogP contribution >= 0.6 is 11.6 Å². The highest BCUT2D eigenvalue weighted by atomic mass is 35.5. The number of hydrogen-bond donors (Lipinski definition) is 0. The topological polar surface area (TPSA) is 20.3 Å². The molecular formula is C12H22ClNO. The van der Waals surface area contributed by atoms with Gasteiger partial charge in [-0.1, -0.05) is 19.8 Å². The summed E-state index contributed by atoms with van der Waals surface area (Å²) in [5.74, 6) is 0.980. The van der Waals surface area contributed by atoms with E-state index in [-0.39, 0.29) is 5.41 Å². The standard InChI is InChI=1S/C12H22ClNO/c1-3-14(10-6-9-13)11(15)12(2)7-4-5-8-12/h3-10H2,1-2H3. The SMILES string of the molecule is CCN(CCCCl)C(=O)C1(C)CCCC1. The maximum Gasteiger partial charge on any atom is 0.228 e. The molecule has 0 saturated heterocycles. The summed E-state index contributed by atoms with van der Waals surface area (Å²) in [6, 6.07) is 0. The maximum absolute atomic E-state index is 12.3. The molecule has 1 saturated carbocycles. The Labute approximate surface area is 98.0 Å². The van der Waals surface area contributed by atoms with E-state index in [1.54, 1.807) is 0 Å². The third-order valence-electron chi connectivity index (χ3n) is 3.45. The molecule has 1 rings (SSSR count). The zero-order valence-electron chi connectivity index (χ0n) is 9.89. The van der Waals surface area contributed by atoms with Crippen molar-refractivity contribution in [1.82, 2.24) is 4.90 Å². The van der Waals surface area contributed by atoms with Gasteiger partial charge in [0.15, 0.2) is 0 Å². The summed E-state index contributed by atoms with van der Waals surface area (Å²) in [7, 11) is 0. The van der Waals surface area contributed by atoms with Gasteiger partial charge in [-0.25, -0.2) is 0 Å². The first kappa shape index (κ1) is 12.8. The largest absolute Gasteiger partial charge is 0.342 e. The van der Waals surface area contributed by atoms with Crippen molar-refractivity contribution in [1.29, 1.82) is 0 Å². The average Bonchev–Trinajstić information content (AvgIpc) is 2.67. The number of halogens is 1. The van der Waals surface area contributed by atoms with Crippen LogP contribution in [0.4, 0.5) is 0 Å². The molecule has 0 atom stereocenters. The summed E-state index contributed by atoms with van der Waals surface area (Å²) in [6.45, 7) is 5.79. The molecule has 0 bridgehead atoms. The van der Waals surface area contributed by atoms with E-state index < -0.39 is 0 Å². The fourth-order valence-electron chi connectivity index (χ4n) is 2.40.